The number of methoxy groups -OCH3 is 1. The fourth-order valence-corrected chi connectivity index (χ4v) is 4.35. The highest BCUT2D eigenvalue weighted by molar-refractivity contribution is 5.90. The van der Waals surface area contributed by atoms with E-state index in [1.54, 1.807) is 13.3 Å². The molecule has 166 valence electrons. The number of aromatic nitrogens is 2. The Morgan fingerprint density at radius 2 is 1.75 bits per heavy atom. The summed E-state index contributed by atoms with van der Waals surface area (Å²) < 4.78 is 5.26. The molecule has 0 spiro atoms. The number of carbonyl (C=O) groups excluding carboxylic acids is 1. The highest BCUT2D eigenvalue weighted by Crippen LogP contribution is 2.27. The van der Waals surface area contributed by atoms with Crippen LogP contribution in [0.25, 0.3) is 11.3 Å². The van der Waals surface area contributed by atoms with Gasteiger partial charge < -0.3 is 10.1 Å². The van der Waals surface area contributed by atoms with Crippen LogP contribution in [0.4, 0.5) is 5.82 Å². The largest absolute Gasteiger partial charge is 0.497 e. The van der Waals surface area contributed by atoms with Gasteiger partial charge in [-0.3, -0.25) is 4.79 Å². The maximum absolute atomic E-state index is 12.7. The van der Waals surface area contributed by atoms with Gasteiger partial charge in [0.05, 0.1) is 24.7 Å². The standard InChI is InChI=1S/C27H31N3O2/c1-32-23-15-13-22(14-16-23)25-19-28-27(30-26(31)18-21-10-6-3-7-11-21)24(29-25)17-12-20-8-4-2-5-9-20/h2,4-5,8-9,13-16,19,21H,3,6-7,10-12,17-18H2,1H3,(H,28,30,31). The van der Waals surface area contributed by atoms with Crippen molar-refractivity contribution in [3.8, 4) is 17.0 Å². The Bertz CT molecular complexity index is 1010. The zero-order valence-corrected chi connectivity index (χ0v) is 18.7. The van der Waals surface area contributed by atoms with Crippen molar-refractivity contribution >= 4 is 11.7 Å². The third-order valence-electron chi connectivity index (χ3n) is 6.18. The van der Waals surface area contributed by atoms with Crippen LogP contribution >= 0.6 is 0 Å². The van der Waals surface area contributed by atoms with Gasteiger partial charge in [-0.15, -0.1) is 0 Å². The summed E-state index contributed by atoms with van der Waals surface area (Å²) >= 11 is 0. The first kappa shape index (κ1) is 22.0. The maximum Gasteiger partial charge on any atom is 0.225 e. The van der Waals surface area contributed by atoms with E-state index in [9.17, 15) is 4.79 Å². The van der Waals surface area contributed by atoms with Gasteiger partial charge in [0.15, 0.2) is 5.82 Å². The number of anilines is 1. The molecular weight excluding hydrogens is 398 g/mol. The van der Waals surface area contributed by atoms with Crippen LogP contribution in [0.15, 0.2) is 60.8 Å². The fourth-order valence-electron chi connectivity index (χ4n) is 4.35. The summed E-state index contributed by atoms with van der Waals surface area (Å²) in [6.45, 7) is 0. The first-order chi connectivity index (χ1) is 15.7. The van der Waals surface area contributed by atoms with E-state index in [1.807, 2.05) is 42.5 Å². The van der Waals surface area contributed by atoms with Crippen molar-refractivity contribution in [3.63, 3.8) is 0 Å². The van der Waals surface area contributed by atoms with Crippen LogP contribution < -0.4 is 10.1 Å². The average molecular weight is 430 g/mol. The monoisotopic (exact) mass is 429 g/mol. The van der Waals surface area contributed by atoms with Crippen LogP contribution in [0.3, 0.4) is 0 Å². The summed E-state index contributed by atoms with van der Waals surface area (Å²) in [4.78, 5) is 22.3. The van der Waals surface area contributed by atoms with Crippen LogP contribution in [0.5, 0.6) is 5.75 Å². The molecule has 1 aliphatic rings. The Kier molecular flexibility index (Phi) is 7.49. The van der Waals surface area contributed by atoms with Crippen molar-refractivity contribution in [2.24, 2.45) is 5.92 Å². The average Bonchev–Trinajstić information content (AvgIpc) is 2.84. The summed E-state index contributed by atoms with van der Waals surface area (Å²) in [6, 6.07) is 18.1. The molecule has 0 unspecified atom stereocenters. The quantitative estimate of drug-likeness (QED) is 0.488. The third-order valence-corrected chi connectivity index (χ3v) is 6.18. The lowest BCUT2D eigenvalue weighted by Crippen LogP contribution is -2.20. The minimum absolute atomic E-state index is 0.0457. The van der Waals surface area contributed by atoms with Crippen LogP contribution in [-0.2, 0) is 17.6 Å². The van der Waals surface area contributed by atoms with Gasteiger partial charge in [0.1, 0.15) is 5.75 Å². The molecule has 2 aromatic carbocycles. The SMILES string of the molecule is COc1ccc(-c2cnc(NC(=O)CC3CCCCC3)c(CCc3ccccc3)n2)cc1. The third kappa shape index (κ3) is 5.94. The number of rotatable bonds is 8. The lowest BCUT2D eigenvalue weighted by Gasteiger charge is -2.21. The molecule has 1 aliphatic carbocycles. The van der Waals surface area contributed by atoms with Gasteiger partial charge in [-0.25, -0.2) is 9.97 Å². The molecule has 5 heteroatoms. The van der Waals surface area contributed by atoms with Crippen LogP contribution in [0, 0.1) is 5.92 Å². The molecule has 32 heavy (non-hydrogen) atoms. The van der Waals surface area contributed by atoms with Crippen molar-refractivity contribution in [3.05, 3.63) is 72.1 Å². The molecule has 1 N–H and O–H groups in total. The molecule has 1 aromatic heterocycles. The van der Waals surface area contributed by atoms with Crippen molar-refractivity contribution < 1.29 is 9.53 Å². The maximum atomic E-state index is 12.7. The molecule has 0 bridgehead atoms. The molecule has 1 fully saturated rings. The minimum atomic E-state index is 0.0457. The van der Waals surface area contributed by atoms with Crippen molar-refractivity contribution in [1.82, 2.24) is 9.97 Å². The number of aryl methyl sites for hydroxylation is 2. The highest BCUT2D eigenvalue weighted by atomic mass is 16.5. The van der Waals surface area contributed by atoms with E-state index in [4.69, 9.17) is 9.72 Å². The minimum Gasteiger partial charge on any atom is -0.497 e. The molecule has 1 saturated carbocycles. The molecule has 0 aliphatic heterocycles. The van der Waals surface area contributed by atoms with Crippen LogP contribution in [0.2, 0.25) is 0 Å². The number of amides is 1. The molecule has 1 heterocycles. The molecule has 4 rings (SSSR count). The molecule has 0 atom stereocenters. The highest BCUT2D eigenvalue weighted by Gasteiger charge is 2.19. The number of nitrogens with one attached hydrogen (secondary N) is 1. The van der Waals surface area contributed by atoms with Crippen molar-refractivity contribution in [2.75, 3.05) is 12.4 Å². The Labute approximate surface area is 190 Å². The summed E-state index contributed by atoms with van der Waals surface area (Å²) in [5.74, 6) is 1.92. The number of nitrogens with zero attached hydrogens (tertiary/aromatic N) is 2. The Hall–Kier alpha value is -3.21. The van der Waals surface area contributed by atoms with Gasteiger partial charge >= 0.3 is 0 Å². The lowest BCUT2D eigenvalue weighted by atomic mass is 9.87. The fraction of sp³-hybridized carbons (Fsp3) is 0.370. The Morgan fingerprint density at radius 3 is 2.47 bits per heavy atom. The van der Waals surface area contributed by atoms with Crippen molar-refractivity contribution in [1.29, 1.82) is 0 Å². The van der Waals surface area contributed by atoms with Gasteiger partial charge in [-0.2, -0.15) is 0 Å². The van der Waals surface area contributed by atoms with Crippen LogP contribution in [-0.4, -0.2) is 23.0 Å². The predicted molar refractivity (Wildman–Crippen MR) is 128 cm³/mol. The number of hydrogen-bond donors (Lipinski definition) is 1. The second kappa shape index (κ2) is 10.9. The lowest BCUT2D eigenvalue weighted by molar-refractivity contribution is -0.117. The summed E-state index contributed by atoms with van der Waals surface area (Å²) in [6.07, 6.45) is 9.91. The molecular formula is C27H31N3O2. The second-order valence-electron chi connectivity index (χ2n) is 8.52. The first-order valence-electron chi connectivity index (χ1n) is 11.6. The van der Waals surface area contributed by atoms with Gasteiger partial charge in [0, 0.05) is 12.0 Å². The van der Waals surface area contributed by atoms with Crippen molar-refractivity contribution in [2.45, 2.75) is 51.4 Å². The van der Waals surface area contributed by atoms with E-state index >= 15 is 0 Å². The van der Waals surface area contributed by atoms with E-state index in [0.29, 0.717) is 24.6 Å². The second-order valence-corrected chi connectivity index (χ2v) is 8.52. The molecule has 1 amide bonds. The van der Waals surface area contributed by atoms with E-state index in [0.717, 1.165) is 42.0 Å². The topological polar surface area (TPSA) is 64.1 Å². The summed E-state index contributed by atoms with van der Waals surface area (Å²) in [7, 11) is 1.65. The summed E-state index contributed by atoms with van der Waals surface area (Å²) in [5.41, 5.74) is 3.82. The van der Waals surface area contributed by atoms with Gasteiger partial charge in [-0.05, 0) is 61.4 Å². The van der Waals surface area contributed by atoms with Crippen LogP contribution in [0.1, 0.15) is 49.8 Å². The number of benzene rings is 2. The van der Waals surface area contributed by atoms with E-state index in [-0.39, 0.29) is 5.91 Å². The summed E-state index contributed by atoms with van der Waals surface area (Å²) in [5, 5.41) is 3.06. The Balaban J connectivity index is 1.53. The van der Waals surface area contributed by atoms with E-state index in [2.05, 4.69) is 22.4 Å². The first-order valence-corrected chi connectivity index (χ1v) is 11.6. The molecule has 0 radical (unpaired) electrons. The zero-order chi connectivity index (χ0) is 22.2. The van der Waals surface area contributed by atoms with Gasteiger partial charge in [-0.1, -0.05) is 49.6 Å². The smallest absolute Gasteiger partial charge is 0.225 e. The van der Waals surface area contributed by atoms with E-state index < -0.39 is 0 Å². The number of hydrogen-bond acceptors (Lipinski definition) is 4. The Morgan fingerprint density at radius 1 is 1.00 bits per heavy atom. The number of carbonyl (C=O) groups is 1. The number of ether oxygens (including phenoxy) is 1. The predicted octanol–water partition coefficient (Wildman–Crippen LogP) is 5.85. The molecule has 0 saturated heterocycles. The molecule has 3 aromatic rings. The van der Waals surface area contributed by atoms with E-state index in [1.165, 1.54) is 24.8 Å². The zero-order valence-electron chi connectivity index (χ0n) is 18.7. The molecule has 5 nitrogen and oxygen atoms in total. The van der Waals surface area contributed by atoms with Gasteiger partial charge in [0.2, 0.25) is 5.91 Å². The van der Waals surface area contributed by atoms with Gasteiger partial charge in [0.25, 0.3) is 0 Å². The normalized spacial score (nSPS) is 14.2.